The quantitative estimate of drug-likeness (QED) is 0.395. The minimum Gasteiger partial charge on any atom is -0.468 e. The first-order valence-electron chi connectivity index (χ1n) is 8.59. The zero-order valence-corrected chi connectivity index (χ0v) is 17.4. The van der Waals surface area contributed by atoms with Crippen molar-refractivity contribution in [2.75, 3.05) is 45.4 Å². The normalized spacial score (nSPS) is 9.90. The fourth-order valence-electron chi connectivity index (χ4n) is 2.32. The van der Waals surface area contributed by atoms with Gasteiger partial charge in [0.2, 0.25) is 0 Å². The lowest BCUT2D eigenvalue weighted by Crippen LogP contribution is -2.35. The third-order valence-electron chi connectivity index (χ3n) is 3.57. The van der Waals surface area contributed by atoms with Gasteiger partial charge in [0.25, 0.3) is 0 Å². The summed E-state index contributed by atoms with van der Waals surface area (Å²) in [6.07, 6.45) is -0.342. The van der Waals surface area contributed by atoms with E-state index in [1.807, 2.05) is 6.07 Å². The molecule has 0 radical (unpaired) electrons. The van der Waals surface area contributed by atoms with Gasteiger partial charge in [-0.05, 0) is 13.8 Å². The SMILES string of the molecule is CCOC(=O)Cc1c(C(=O)OCC)sc(N(CC(=O)OC)CC(=O)OC)c1C#N. The van der Waals surface area contributed by atoms with Crippen molar-refractivity contribution in [1.29, 1.82) is 5.26 Å². The van der Waals surface area contributed by atoms with Gasteiger partial charge >= 0.3 is 23.9 Å². The minimum absolute atomic E-state index is 0.0196. The molecule has 0 saturated heterocycles. The van der Waals surface area contributed by atoms with E-state index in [9.17, 15) is 24.4 Å². The van der Waals surface area contributed by atoms with E-state index in [-0.39, 0.29) is 53.7 Å². The highest BCUT2D eigenvalue weighted by Crippen LogP contribution is 2.37. The van der Waals surface area contributed by atoms with Crippen LogP contribution in [-0.4, -0.2) is 64.4 Å². The number of thiophene rings is 1. The molecule has 0 aromatic carbocycles. The molecule has 1 heterocycles. The molecule has 158 valence electrons. The lowest BCUT2D eigenvalue weighted by molar-refractivity contribution is -0.142. The fourth-order valence-corrected chi connectivity index (χ4v) is 3.48. The van der Waals surface area contributed by atoms with E-state index < -0.39 is 23.9 Å². The van der Waals surface area contributed by atoms with E-state index in [0.717, 1.165) is 11.3 Å². The number of anilines is 1. The highest BCUT2D eigenvalue weighted by molar-refractivity contribution is 7.18. The smallest absolute Gasteiger partial charge is 0.348 e. The Hall–Kier alpha value is -3.13. The Balaban J connectivity index is 3.53. The van der Waals surface area contributed by atoms with Crippen LogP contribution in [-0.2, 0) is 39.8 Å². The molecule has 0 bridgehead atoms. The van der Waals surface area contributed by atoms with Crippen molar-refractivity contribution in [2.45, 2.75) is 20.3 Å². The van der Waals surface area contributed by atoms with Gasteiger partial charge in [0.15, 0.2) is 0 Å². The Morgan fingerprint density at radius 3 is 1.97 bits per heavy atom. The van der Waals surface area contributed by atoms with Crippen molar-refractivity contribution >= 4 is 40.2 Å². The molecule has 0 aliphatic carbocycles. The van der Waals surface area contributed by atoms with Crippen molar-refractivity contribution in [1.82, 2.24) is 0 Å². The van der Waals surface area contributed by atoms with Crippen molar-refractivity contribution in [3.8, 4) is 6.07 Å². The third kappa shape index (κ3) is 6.46. The van der Waals surface area contributed by atoms with Gasteiger partial charge in [-0.25, -0.2) is 4.79 Å². The van der Waals surface area contributed by atoms with Crippen LogP contribution in [0.4, 0.5) is 5.00 Å². The molecule has 29 heavy (non-hydrogen) atoms. The van der Waals surface area contributed by atoms with E-state index >= 15 is 0 Å². The zero-order valence-electron chi connectivity index (χ0n) is 16.6. The van der Waals surface area contributed by atoms with E-state index in [4.69, 9.17) is 9.47 Å². The lowest BCUT2D eigenvalue weighted by atomic mass is 10.1. The van der Waals surface area contributed by atoms with E-state index in [1.54, 1.807) is 13.8 Å². The number of carbonyl (C=O) groups is 4. The molecule has 1 aromatic heterocycles. The number of ether oxygens (including phenoxy) is 4. The molecular weight excluding hydrogens is 404 g/mol. The highest BCUT2D eigenvalue weighted by Gasteiger charge is 2.30. The molecule has 0 aliphatic heterocycles. The first-order chi connectivity index (χ1) is 13.8. The Kier molecular flexibility index (Phi) is 9.61. The summed E-state index contributed by atoms with van der Waals surface area (Å²) in [6, 6.07) is 1.94. The van der Waals surface area contributed by atoms with Crippen molar-refractivity contribution in [3.05, 3.63) is 16.0 Å². The molecule has 0 aliphatic rings. The minimum atomic E-state index is -0.726. The number of esters is 4. The van der Waals surface area contributed by atoms with Crippen LogP contribution in [0.1, 0.15) is 34.6 Å². The lowest BCUT2D eigenvalue weighted by Gasteiger charge is -2.20. The predicted molar refractivity (Wildman–Crippen MR) is 102 cm³/mol. The molecule has 11 heteroatoms. The fraction of sp³-hybridized carbons (Fsp3) is 0.500. The van der Waals surface area contributed by atoms with Crippen LogP contribution in [0.5, 0.6) is 0 Å². The van der Waals surface area contributed by atoms with Crippen LogP contribution < -0.4 is 4.90 Å². The van der Waals surface area contributed by atoms with Crippen LogP contribution in [0.2, 0.25) is 0 Å². The highest BCUT2D eigenvalue weighted by atomic mass is 32.1. The molecule has 0 amide bonds. The summed E-state index contributed by atoms with van der Waals surface area (Å²) in [4.78, 5) is 49.3. The number of methoxy groups -OCH3 is 2. The monoisotopic (exact) mass is 426 g/mol. The maximum absolute atomic E-state index is 12.4. The maximum Gasteiger partial charge on any atom is 0.348 e. The third-order valence-corrected chi connectivity index (χ3v) is 4.84. The largest absolute Gasteiger partial charge is 0.468 e. The molecule has 0 N–H and O–H groups in total. The average molecular weight is 426 g/mol. The van der Waals surface area contributed by atoms with Gasteiger partial charge in [0, 0.05) is 5.56 Å². The van der Waals surface area contributed by atoms with Gasteiger partial charge in [-0.15, -0.1) is 11.3 Å². The van der Waals surface area contributed by atoms with Gasteiger partial charge in [-0.3, -0.25) is 14.4 Å². The van der Waals surface area contributed by atoms with Crippen LogP contribution in [0.15, 0.2) is 0 Å². The number of hydrogen-bond donors (Lipinski definition) is 0. The second kappa shape index (κ2) is 11.7. The Bertz CT molecular complexity index is 794. The number of carbonyl (C=O) groups excluding carboxylic acids is 4. The number of hydrogen-bond acceptors (Lipinski definition) is 11. The van der Waals surface area contributed by atoms with Crippen LogP contribution in [0.3, 0.4) is 0 Å². The second-order valence-corrected chi connectivity index (χ2v) is 6.41. The first-order valence-corrected chi connectivity index (χ1v) is 9.41. The van der Waals surface area contributed by atoms with Crippen molar-refractivity contribution < 1.29 is 38.1 Å². The molecule has 0 fully saturated rings. The molecule has 0 unspecified atom stereocenters. The molecule has 10 nitrogen and oxygen atoms in total. The van der Waals surface area contributed by atoms with Gasteiger partial charge < -0.3 is 23.8 Å². The summed E-state index contributed by atoms with van der Waals surface area (Å²) in [5.74, 6) is -2.70. The van der Waals surface area contributed by atoms with Gasteiger partial charge in [0.05, 0.1) is 39.4 Å². The Labute approximate surface area is 171 Å². The summed E-state index contributed by atoms with van der Waals surface area (Å²) >= 11 is 0.837. The van der Waals surface area contributed by atoms with E-state index in [0.29, 0.717) is 0 Å². The Morgan fingerprint density at radius 2 is 1.52 bits per heavy atom. The first kappa shape index (κ1) is 23.9. The summed E-state index contributed by atoms with van der Waals surface area (Å²) in [7, 11) is 2.35. The summed E-state index contributed by atoms with van der Waals surface area (Å²) in [5, 5.41) is 9.84. The zero-order chi connectivity index (χ0) is 22.0. The maximum atomic E-state index is 12.4. The predicted octanol–water partition coefficient (Wildman–Crippen LogP) is 1.05. The van der Waals surface area contributed by atoms with Gasteiger partial charge in [0.1, 0.15) is 29.0 Å². The van der Waals surface area contributed by atoms with Crippen LogP contribution in [0, 0.1) is 11.3 Å². The van der Waals surface area contributed by atoms with Gasteiger partial charge in [-0.1, -0.05) is 0 Å². The summed E-state index contributed by atoms with van der Waals surface area (Å²) < 4.78 is 19.2. The molecular formula is C18H22N2O8S. The van der Waals surface area contributed by atoms with E-state index in [2.05, 4.69) is 9.47 Å². The topological polar surface area (TPSA) is 132 Å². The molecule has 0 spiro atoms. The number of nitrogens with zero attached hydrogens (tertiary/aromatic N) is 2. The van der Waals surface area contributed by atoms with Gasteiger partial charge in [-0.2, -0.15) is 5.26 Å². The van der Waals surface area contributed by atoms with E-state index in [1.165, 1.54) is 19.1 Å². The second-order valence-electron chi connectivity index (χ2n) is 5.41. The average Bonchev–Trinajstić information content (AvgIpc) is 3.05. The number of rotatable bonds is 10. The van der Waals surface area contributed by atoms with Crippen molar-refractivity contribution in [2.24, 2.45) is 0 Å². The summed E-state index contributed by atoms with van der Waals surface area (Å²) in [6.45, 7) is 2.71. The summed E-state index contributed by atoms with van der Waals surface area (Å²) in [5.41, 5.74) is 0.0862. The standard InChI is InChI=1S/C18H22N2O8S/c1-5-27-13(21)7-11-12(8-19)17(29-16(11)18(24)28-6-2)20(9-14(22)25-3)10-15(23)26-4/h5-7,9-10H2,1-4H3. The van der Waals surface area contributed by atoms with Crippen molar-refractivity contribution in [3.63, 3.8) is 0 Å². The molecule has 1 aromatic rings. The van der Waals surface area contributed by atoms with Crippen LogP contribution in [0.25, 0.3) is 0 Å². The number of nitriles is 1. The van der Waals surface area contributed by atoms with Crippen LogP contribution >= 0.6 is 11.3 Å². The molecule has 1 rings (SSSR count). The Morgan fingerprint density at radius 1 is 0.966 bits per heavy atom. The molecule has 0 saturated carbocycles. The molecule has 0 atom stereocenters.